The zero-order chi connectivity index (χ0) is 16.2. The van der Waals surface area contributed by atoms with E-state index in [2.05, 4.69) is 11.4 Å². The Labute approximate surface area is 131 Å². The Hall–Kier alpha value is -1.87. The van der Waals surface area contributed by atoms with Crippen molar-refractivity contribution in [2.24, 2.45) is 0 Å². The minimum Gasteiger partial charge on any atom is -0.334 e. The van der Waals surface area contributed by atoms with E-state index in [1.165, 1.54) is 0 Å². The second kappa shape index (κ2) is 6.49. The van der Waals surface area contributed by atoms with Crippen LogP contribution < -0.4 is 5.32 Å². The Balaban J connectivity index is 2.16. The van der Waals surface area contributed by atoms with Crippen molar-refractivity contribution in [3.05, 3.63) is 35.4 Å². The summed E-state index contributed by atoms with van der Waals surface area (Å²) in [6, 6.07) is 8.79. The van der Waals surface area contributed by atoms with Gasteiger partial charge in [-0.2, -0.15) is 5.26 Å². The van der Waals surface area contributed by atoms with Crippen molar-refractivity contribution in [1.29, 1.82) is 5.26 Å². The smallest absolute Gasteiger partial charge is 0.252 e. The quantitative estimate of drug-likeness (QED) is 0.921. The minimum absolute atomic E-state index is 0.0997. The van der Waals surface area contributed by atoms with Gasteiger partial charge in [-0.25, -0.2) is 8.42 Å². The van der Waals surface area contributed by atoms with Crippen molar-refractivity contribution in [1.82, 2.24) is 5.32 Å². The zero-order valence-electron chi connectivity index (χ0n) is 12.6. The van der Waals surface area contributed by atoms with E-state index in [9.17, 15) is 18.5 Å². The Morgan fingerprint density at radius 3 is 2.59 bits per heavy atom. The van der Waals surface area contributed by atoms with Gasteiger partial charge in [-0.1, -0.05) is 31.4 Å². The van der Waals surface area contributed by atoms with E-state index in [-0.39, 0.29) is 11.7 Å². The van der Waals surface area contributed by atoms with Gasteiger partial charge in [-0.3, -0.25) is 4.79 Å². The Morgan fingerprint density at radius 1 is 1.32 bits per heavy atom. The molecule has 0 radical (unpaired) electrons. The first-order valence-electron chi connectivity index (χ1n) is 7.34. The van der Waals surface area contributed by atoms with Crippen LogP contribution in [0.25, 0.3) is 0 Å². The number of benzene rings is 1. The molecule has 118 valence electrons. The number of sulfone groups is 1. The van der Waals surface area contributed by atoms with E-state index in [4.69, 9.17) is 0 Å². The first-order chi connectivity index (χ1) is 10.3. The van der Waals surface area contributed by atoms with Crippen LogP contribution in [0.5, 0.6) is 0 Å². The van der Waals surface area contributed by atoms with Crippen molar-refractivity contribution in [3.8, 4) is 6.07 Å². The summed E-state index contributed by atoms with van der Waals surface area (Å²) in [5, 5.41) is 12.2. The highest BCUT2D eigenvalue weighted by Gasteiger charge is 2.33. The third-order valence-electron chi connectivity index (χ3n) is 3.89. The highest BCUT2D eigenvalue weighted by atomic mass is 32.2. The number of nitrogens with zero attached hydrogens (tertiary/aromatic N) is 1. The molecule has 22 heavy (non-hydrogen) atoms. The molecule has 0 aliphatic heterocycles. The van der Waals surface area contributed by atoms with Gasteiger partial charge in [0, 0.05) is 11.8 Å². The van der Waals surface area contributed by atoms with Gasteiger partial charge >= 0.3 is 0 Å². The van der Waals surface area contributed by atoms with Gasteiger partial charge < -0.3 is 5.32 Å². The van der Waals surface area contributed by atoms with E-state index in [0.29, 0.717) is 24.0 Å². The van der Waals surface area contributed by atoms with Crippen LogP contribution in [0, 0.1) is 11.3 Å². The van der Waals surface area contributed by atoms with Gasteiger partial charge in [-0.05, 0) is 30.5 Å². The summed E-state index contributed by atoms with van der Waals surface area (Å²) in [7, 11) is -3.15. The Morgan fingerprint density at radius 2 is 2.00 bits per heavy atom. The molecule has 0 bridgehead atoms. The lowest BCUT2D eigenvalue weighted by molar-refractivity contribution is 0.0902. The zero-order valence-corrected chi connectivity index (χ0v) is 13.4. The molecule has 1 aliphatic carbocycles. The summed E-state index contributed by atoms with van der Waals surface area (Å²) in [5.41, 5.74) is 0.175. The van der Waals surface area contributed by atoms with Crippen molar-refractivity contribution in [2.45, 2.75) is 43.4 Å². The average molecular weight is 320 g/mol. The van der Waals surface area contributed by atoms with Crippen LogP contribution in [-0.2, 0) is 15.6 Å². The second-order valence-corrected chi connectivity index (χ2v) is 8.12. The lowest BCUT2D eigenvalue weighted by Gasteiger charge is -2.31. The van der Waals surface area contributed by atoms with E-state index in [1.807, 2.05) is 0 Å². The molecule has 0 heterocycles. The molecule has 0 unspecified atom stereocenters. The maximum atomic E-state index is 12.4. The predicted octanol–water partition coefficient (Wildman–Crippen LogP) is 2.19. The molecule has 1 fully saturated rings. The number of nitriles is 1. The summed E-state index contributed by atoms with van der Waals surface area (Å²) in [5.74, 6) is -0.420. The molecule has 0 aromatic heterocycles. The van der Waals surface area contributed by atoms with E-state index < -0.39 is 15.4 Å². The number of hydrogen-bond acceptors (Lipinski definition) is 4. The SMILES string of the molecule is CS(=O)(=O)Cc1cccc(C(=O)NC2(C#N)CCCCC2)c1. The van der Waals surface area contributed by atoms with Crippen LogP contribution in [0.15, 0.2) is 24.3 Å². The van der Waals surface area contributed by atoms with Crippen LogP contribution in [0.4, 0.5) is 0 Å². The normalized spacial score (nSPS) is 17.5. The van der Waals surface area contributed by atoms with Crippen molar-refractivity contribution in [2.75, 3.05) is 6.26 Å². The minimum atomic E-state index is -3.15. The fourth-order valence-electron chi connectivity index (χ4n) is 2.81. The van der Waals surface area contributed by atoms with Gasteiger partial charge in [-0.15, -0.1) is 0 Å². The molecule has 1 aliphatic rings. The molecular weight excluding hydrogens is 300 g/mol. The summed E-state index contributed by atoms with van der Waals surface area (Å²) in [6.45, 7) is 0. The lowest BCUT2D eigenvalue weighted by atomic mass is 9.82. The number of carbonyl (C=O) groups is 1. The van der Waals surface area contributed by atoms with Crippen molar-refractivity contribution >= 4 is 15.7 Å². The van der Waals surface area contributed by atoms with Crippen molar-refractivity contribution in [3.63, 3.8) is 0 Å². The highest BCUT2D eigenvalue weighted by Crippen LogP contribution is 2.28. The van der Waals surface area contributed by atoms with E-state index >= 15 is 0 Å². The van der Waals surface area contributed by atoms with Crippen LogP contribution >= 0.6 is 0 Å². The number of amides is 1. The highest BCUT2D eigenvalue weighted by molar-refractivity contribution is 7.89. The average Bonchev–Trinajstić information content (AvgIpc) is 2.46. The first-order valence-corrected chi connectivity index (χ1v) is 9.40. The molecule has 1 aromatic rings. The molecule has 6 heteroatoms. The number of hydrogen-bond donors (Lipinski definition) is 1. The van der Waals surface area contributed by atoms with Crippen LogP contribution in [-0.4, -0.2) is 26.1 Å². The number of rotatable bonds is 4. The molecule has 5 nitrogen and oxygen atoms in total. The van der Waals surface area contributed by atoms with Crippen LogP contribution in [0.3, 0.4) is 0 Å². The molecule has 1 N–H and O–H groups in total. The maximum absolute atomic E-state index is 12.4. The maximum Gasteiger partial charge on any atom is 0.252 e. The molecule has 1 amide bonds. The fraction of sp³-hybridized carbons (Fsp3) is 0.500. The third kappa shape index (κ3) is 4.31. The fourth-order valence-corrected chi connectivity index (χ4v) is 3.60. The Bertz CT molecular complexity index is 698. The summed E-state index contributed by atoms with van der Waals surface area (Å²) in [4.78, 5) is 12.4. The summed E-state index contributed by atoms with van der Waals surface area (Å²) in [6.07, 6.45) is 5.44. The van der Waals surface area contributed by atoms with Gasteiger partial charge in [0.15, 0.2) is 9.84 Å². The van der Waals surface area contributed by atoms with Crippen molar-refractivity contribution < 1.29 is 13.2 Å². The van der Waals surface area contributed by atoms with Gasteiger partial charge in [0.1, 0.15) is 5.54 Å². The van der Waals surface area contributed by atoms with E-state index in [0.717, 1.165) is 25.5 Å². The van der Waals surface area contributed by atoms with E-state index in [1.54, 1.807) is 24.3 Å². The molecular formula is C16H20N2O3S. The largest absolute Gasteiger partial charge is 0.334 e. The molecule has 2 rings (SSSR count). The van der Waals surface area contributed by atoms with Gasteiger partial charge in [0.2, 0.25) is 0 Å². The topological polar surface area (TPSA) is 87.0 Å². The second-order valence-electron chi connectivity index (χ2n) is 5.98. The van der Waals surface area contributed by atoms with Gasteiger partial charge in [0.05, 0.1) is 11.8 Å². The standard InChI is InChI=1S/C16H20N2O3S/c1-22(20,21)11-13-6-5-7-14(10-13)15(19)18-16(12-17)8-3-2-4-9-16/h5-7,10H,2-4,8-9,11H2,1H3,(H,18,19). The lowest BCUT2D eigenvalue weighted by Crippen LogP contribution is -2.48. The Kier molecular flexibility index (Phi) is 4.87. The number of carbonyl (C=O) groups excluding carboxylic acids is 1. The molecule has 1 saturated carbocycles. The molecule has 1 aromatic carbocycles. The van der Waals surface area contributed by atoms with Crippen LogP contribution in [0.2, 0.25) is 0 Å². The molecule has 0 spiro atoms. The molecule has 0 atom stereocenters. The van der Waals surface area contributed by atoms with Gasteiger partial charge in [0.25, 0.3) is 5.91 Å². The monoisotopic (exact) mass is 320 g/mol. The third-order valence-corrected chi connectivity index (χ3v) is 4.75. The summed E-state index contributed by atoms with van der Waals surface area (Å²) >= 11 is 0. The first kappa shape index (κ1) is 16.5. The summed E-state index contributed by atoms with van der Waals surface area (Å²) < 4.78 is 22.7. The predicted molar refractivity (Wildman–Crippen MR) is 83.9 cm³/mol. The molecule has 0 saturated heterocycles. The van der Waals surface area contributed by atoms with Crippen LogP contribution in [0.1, 0.15) is 48.0 Å². The number of nitrogens with one attached hydrogen (secondary N) is 1.